The average molecular weight is 215 g/mol. The van der Waals surface area contributed by atoms with E-state index in [1.165, 1.54) is 0 Å². The molecule has 0 amide bonds. The van der Waals surface area contributed by atoms with Crippen LogP contribution in [0.25, 0.3) is 0 Å². The molecule has 7 heavy (non-hydrogen) atoms. The topological polar surface area (TPSA) is 40.1 Å². The zero-order chi connectivity index (χ0) is 4.99. The molecule has 0 spiro atoms. The van der Waals surface area contributed by atoms with Crippen LogP contribution in [-0.4, -0.2) is 11.8 Å². The van der Waals surface area contributed by atoms with Crippen LogP contribution in [0.3, 0.4) is 0 Å². The van der Waals surface area contributed by atoms with Crippen LogP contribution in [0.1, 0.15) is 6.42 Å². The molecule has 0 aromatic carbocycles. The van der Waals surface area contributed by atoms with Gasteiger partial charge in [0, 0.05) is 18.3 Å². The third-order valence-corrected chi connectivity index (χ3v) is 0.488. The third-order valence-electron chi connectivity index (χ3n) is 0.299. The zero-order valence-electron chi connectivity index (χ0n) is 3.41. The quantitative estimate of drug-likeness (QED) is 0.454. The Bertz CT molecular complexity index is 56.9. The molecule has 0 heterocycles. The van der Waals surface area contributed by atoms with Crippen molar-refractivity contribution in [3.8, 4) is 0 Å². The van der Waals surface area contributed by atoms with Crippen molar-refractivity contribution in [3.63, 3.8) is 0 Å². The summed E-state index contributed by atoms with van der Waals surface area (Å²) in [4.78, 5) is 9.40. The van der Waals surface area contributed by atoms with Crippen molar-refractivity contribution in [2.45, 2.75) is 6.42 Å². The predicted octanol–water partition coefficient (Wildman–Crippen LogP) is -0.637. The van der Waals surface area contributed by atoms with Gasteiger partial charge in [0.25, 0.3) is 0 Å². The van der Waals surface area contributed by atoms with Gasteiger partial charge in [-0.2, -0.15) is 0 Å². The number of carbonyl (C=O) groups excluding carboxylic acids is 1. The van der Waals surface area contributed by atoms with Gasteiger partial charge in [0.15, 0.2) is 0 Å². The zero-order valence-corrected chi connectivity index (χ0v) is 5.65. The third kappa shape index (κ3) is 10.7. The van der Waals surface area contributed by atoms with Crippen LogP contribution >= 0.6 is 11.6 Å². The van der Waals surface area contributed by atoms with E-state index in [0.29, 0.717) is 0 Å². The summed E-state index contributed by atoms with van der Waals surface area (Å²) >= 11 is 4.98. The Morgan fingerprint density at radius 2 is 2.14 bits per heavy atom. The van der Waals surface area contributed by atoms with E-state index in [2.05, 4.69) is 0 Å². The van der Waals surface area contributed by atoms with Crippen LogP contribution < -0.4 is 5.11 Å². The molecule has 0 aliphatic heterocycles. The fraction of sp³-hybridized carbons (Fsp3) is 0.667. The Kier molecular flexibility index (Phi) is 9.73. The van der Waals surface area contributed by atoms with Crippen LogP contribution in [0.2, 0.25) is 0 Å². The normalized spacial score (nSPS) is 7.00. The minimum atomic E-state index is -1.09. The standard InChI is InChI=1S/C3H5ClO2.Ag/c4-2-1-3(5)6;/h1-2H2,(H,5,6);/q;+1/p-1. The summed E-state index contributed by atoms with van der Waals surface area (Å²) in [5.41, 5.74) is 0. The summed E-state index contributed by atoms with van der Waals surface area (Å²) in [5, 5.41) is 9.40. The van der Waals surface area contributed by atoms with E-state index >= 15 is 0 Å². The fourth-order valence-corrected chi connectivity index (χ4v) is 0.231. The van der Waals surface area contributed by atoms with E-state index in [4.69, 9.17) is 11.6 Å². The smallest absolute Gasteiger partial charge is 0.550 e. The van der Waals surface area contributed by atoms with Gasteiger partial charge in [0.05, 0.1) is 0 Å². The second kappa shape index (κ2) is 6.50. The second-order valence-corrected chi connectivity index (χ2v) is 1.19. The van der Waals surface area contributed by atoms with Gasteiger partial charge in [-0.25, -0.2) is 0 Å². The molecule has 0 N–H and O–H groups in total. The molecule has 0 saturated heterocycles. The minimum absolute atomic E-state index is 0. The van der Waals surface area contributed by atoms with Crippen molar-refractivity contribution in [1.82, 2.24) is 0 Å². The average Bonchev–Trinajstić information content (AvgIpc) is 1.35. The van der Waals surface area contributed by atoms with E-state index in [0.717, 1.165) is 0 Å². The summed E-state index contributed by atoms with van der Waals surface area (Å²) in [6, 6.07) is 0. The molecule has 0 aromatic rings. The number of aliphatic carboxylic acids is 1. The molecule has 0 radical (unpaired) electrons. The summed E-state index contributed by atoms with van der Waals surface area (Å²) in [7, 11) is 0. The van der Waals surface area contributed by atoms with Crippen molar-refractivity contribution < 1.29 is 32.3 Å². The first-order chi connectivity index (χ1) is 2.77. The molecule has 0 aliphatic rings. The molecule has 4 heteroatoms. The number of hydrogen-bond donors (Lipinski definition) is 0. The molecule has 0 atom stereocenters. The Morgan fingerprint density at radius 3 is 2.14 bits per heavy atom. The van der Waals surface area contributed by atoms with E-state index in [1.807, 2.05) is 0 Å². The van der Waals surface area contributed by atoms with E-state index < -0.39 is 5.97 Å². The van der Waals surface area contributed by atoms with Gasteiger partial charge in [0.1, 0.15) is 0 Å². The Hall–Kier alpha value is 0.500. The Balaban J connectivity index is 0. The fourth-order valence-electron chi connectivity index (χ4n) is 0.0772. The Morgan fingerprint density at radius 1 is 1.71 bits per heavy atom. The van der Waals surface area contributed by atoms with Crippen LogP contribution in [0.4, 0.5) is 0 Å². The van der Waals surface area contributed by atoms with Gasteiger partial charge < -0.3 is 9.90 Å². The molecule has 2 nitrogen and oxygen atoms in total. The van der Waals surface area contributed by atoms with Crippen molar-refractivity contribution >= 4 is 17.6 Å². The molecule has 0 rings (SSSR count). The minimum Gasteiger partial charge on any atom is -0.550 e. The van der Waals surface area contributed by atoms with Gasteiger partial charge in [-0.15, -0.1) is 11.6 Å². The molecule has 0 unspecified atom stereocenters. The predicted molar refractivity (Wildman–Crippen MR) is 20.3 cm³/mol. The number of rotatable bonds is 2. The van der Waals surface area contributed by atoms with Gasteiger partial charge >= 0.3 is 22.4 Å². The van der Waals surface area contributed by atoms with Crippen LogP contribution in [0.15, 0.2) is 0 Å². The number of carboxylic acids is 1. The van der Waals surface area contributed by atoms with Crippen molar-refractivity contribution in [2.24, 2.45) is 0 Å². The van der Waals surface area contributed by atoms with E-state index in [1.54, 1.807) is 0 Å². The SMILES string of the molecule is O=C([O-])CCCl.[Ag+]. The molecule has 0 fully saturated rings. The summed E-state index contributed by atoms with van der Waals surface area (Å²) in [6.45, 7) is 0. The molecule has 0 bridgehead atoms. The largest absolute Gasteiger partial charge is 1.00 e. The van der Waals surface area contributed by atoms with Gasteiger partial charge in [0.2, 0.25) is 0 Å². The number of halogens is 1. The molecular formula is C3H4AgClO2. The van der Waals surface area contributed by atoms with E-state index in [9.17, 15) is 9.90 Å². The van der Waals surface area contributed by atoms with Gasteiger partial charge in [-0.1, -0.05) is 0 Å². The van der Waals surface area contributed by atoms with Crippen molar-refractivity contribution in [1.29, 1.82) is 0 Å². The van der Waals surface area contributed by atoms with Gasteiger partial charge in [-0.3, -0.25) is 0 Å². The maximum atomic E-state index is 9.40. The maximum absolute atomic E-state index is 9.40. The monoisotopic (exact) mass is 214 g/mol. The first kappa shape index (κ1) is 10.5. The maximum Gasteiger partial charge on any atom is 1.00 e. The van der Waals surface area contributed by atoms with E-state index in [-0.39, 0.29) is 34.7 Å². The van der Waals surface area contributed by atoms with Gasteiger partial charge in [-0.05, 0) is 0 Å². The number of carboxylic acid groups (broad SMARTS) is 1. The summed E-state index contributed by atoms with van der Waals surface area (Å²) < 4.78 is 0. The molecule has 0 aliphatic carbocycles. The molecule has 0 saturated carbocycles. The summed E-state index contributed by atoms with van der Waals surface area (Å²) in [5.74, 6) is -0.951. The van der Waals surface area contributed by atoms with Crippen molar-refractivity contribution in [2.75, 3.05) is 5.88 Å². The number of hydrogen-bond acceptors (Lipinski definition) is 2. The Labute approximate surface area is 62.4 Å². The molecular weight excluding hydrogens is 211 g/mol. The summed E-state index contributed by atoms with van der Waals surface area (Å²) in [6.07, 6.45) is -0.0540. The second-order valence-electron chi connectivity index (χ2n) is 0.811. The first-order valence-corrected chi connectivity index (χ1v) is 2.06. The number of carbonyl (C=O) groups is 1. The molecule has 46 valence electrons. The van der Waals surface area contributed by atoms with Crippen LogP contribution in [0.5, 0.6) is 0 Å². The van der Waals surface area contributed by atoms with Crippen LogP contribution in [-0.2, 0) is 27.2 Å². The molecule has 0 aromatic heterocycles. The number of alkyl halides is 1. The van der Waals surface area contributed by atoms with Crippen LogP contribution in [0, 0.1) is 0 Å². The van der Waals surface area contributed by atoms with Crippen molar-refractivity contribution in [3.05, 3.63) is 0 Å². The first-order valence-electron chi connectivity index (χ1n) is 1.53.